The summed E-state index contributed by atoms with van der Waals surface area (Å²) < 4.78 is 14.8. The van der Waals surface area contributed by atoms with Crippen molar-refractivity contribution in [3.8, 4) is 0 Å². The second kappa shape index (κ2) is 9.55. The summed E-state index contributed by atoms with van der Waals surface area (Å²) in [6.07, 6.45) is 0.879. The van der Waals surface area contributed by atoms with Gasteiger partial charge >= 0.3 is 0 Å². The number of hydrogen-bond acceptors (Lipinski definition) is 3. The molecule has 7 nitrogen and oxygen atoms in total. The fraction of sp³-hybridized carbons (Fsp3) is 0.389. The highest BCUT2D eigenvalue weighted by Gasteiger charge is 2.05. The topological polar surface area (TPSA) is 83.3 Å². The highest BCUT2D eigenvalue weighted by Crippen LogP contribution is 2.07. The van der Waals surface area contributed by atoms with Crippen LogP contribution in [0.15, 0.2) is 35.3 Å². The van der Waals surface area contributed by atoms with Gasteiger partial charge in [0.2, 0.25) is 5.91 Å². The van der Waals surface area contributed by atoms with Gasteiger partial charge in [-0.15, -0.1) is 0 Å². The lowest BCUT2D eigenvalue weighted by atomic mass is 10.3. The van der Waals surface area contributed by atoms with Gasteiger partial charge in [-0.3, -0.25) is 14.5 Å². The van der Waals surface area contributed by atoms with Gasteiger partial charge < -0.3 is 16.0 Å². The minimum Gasteiger partial charge on any atom is -0.356 e. The summed E-state index contributed by atoms with van der Waals surface area (Å²) >= 11 is 0. The molecule has 0 atom stereocenters. The average molecular weight is 360 g/mol. The van der Waals surface area contributed by atoms with Gasteiger partial charge in [0, 0.05) is 31.5 Å². The van der Waals surface area contributed by atoms with E-state index in [2.05, 4.69) is 26.0 Å². The molecule has 140 valence electrons. The van der Waals surface area contributed by atoms with Gasteiger partial charge in [-0.05, 0) is 50.6 Å². The van der Waals surface area contributed by atoms with Gasteiger partial charge in [-0.25, -0.2) is 4.39 Å². The van der Waals surface area contributed by atoms with Gasteiger partial charge in [0.05, 0.1) is 12.2 Å². The first-order valence-electron chi connectivity index (χ1n) is 8.49. The zero-order valence-corrected chi connectivity index (χ0v) is 15.3. The summed E-state index contributed by atoms with van der Waals surface area (Å²) in [5.74, 6) is -0.0268. The number of hydrogen-bond donors (Lipinski definition) is 3. The third kappa shape index (κ3) is 6.19. The molecule has 0 bridgehead atoms. The number of nitrogens with zero attached hydrogens (tertiary/aromatic N) is 3. The maximum absolute atomic E-state index is 12.8. The molecule has 0 aliphatic carbocycles. The van der Waals surface area contributed by atoms with E-state index in [1.807, 2.05) is 24.6 Å². The number of carbonyl (C=O) groups excluding carboxylic acids is 1. The lowest BCUT2D eigenvalue weighted by Gasteiger charge is -2.12. The summed E-state index contributed by atoms with van der Waals surface area (Å²) in [6, 6.07) is 7.67. The van der Waals surface area contributed by atoms with Crippen molar-refractivity contribution in [1.29, 1.82) is 0 Å². The Morgan fingerprint density at radius 1 is 1.23 bits per heavy atom. The van der Waals surface area contributed by atoms with Crippen molar-refractivity contribution in [2.24, 2.45) is 4.99 Å². The van der Waals surface area contributed by atoms with E-state index in [-0.39, 0.29) is 18.3 Å². The zero-order valence-electron chi connectivity index (χ0n) is 15.3. The second-order valence-electron chi connectivity index (χ2n) is 5.91. The molecule has 2 aromatic rings. The Morgan fingerprint density at radius 3 is 2.58 bits per heavy atom. The van der Waals surface area contributed by atoms with E-state index in [9.17, 15) is 9.18 Å². The van der Waals surface area contributed by atoms with Gasteiger partial charge in [0.25, 0.3) is 0 Å². The Bertz CT molecular complexity index is 754. The van der Waals surface area contributed by atoms with Crippen LogP contribution < -0.4 is 16.0 Å². The van der Waals surface area contributed by atoms with Crippen LogP contribution in [0, 0.1) is 19.7 Å². The number of rotatable bonds is 7. The van der Waals surface area contributed by atoms with Crippen LogP contribution >= 0.6 is 0 Å². The molecule has 2 rings (SSSR count). The molecule has 0 spiro atoms. The number of aryl methyl sites for hydroxylation is 3. The molecule has 1 amide bonds. The average Bonchev–Trinajstić information content (AvgIpc) is 2.93. The van der Waals surface area contributed by atoms with E-state index in [4.69, 9.17) is 0 Å². The van der Waals surface area contributed by atoms with Gasteiger partial charge in [-0.2, -0.15) is 5.10 Å². The van der Waals surface area contributed by atoms with Crippen LogP contribution in [0.3, 0.4) is 0 Å². The molecule has 0 fully saturated rings. The molecule has 0 saturated heterocycles. The molecule has 0 radical (unpaired) electrons. The molecular weight excluding hydrogens is 335 g/mol. The summed E-state index contributed by atoms with van der Waals surface area (Å²) in [4.78, 5) is 16.0. The minimum absolute atomic E-state index is 0.0640. The molecular formula is C18H25FN6O. The van der Waals surface area contributed by atoms with E-state index < -0.39 is 0 Å². The van der Waals surface area contributed by atoms with Crippen LogP contribution in [0.2, 0.25) is 0 Å². The molecule has 3 N–H and O–H groups in total. The van der Waals surface area contributed by atoms with Crippen LogP contribution in [0.25, 0.3) is 0 Å². The SMILES string of the molecule is CN=C(NCCCn1nc(C)cc1C)NCC(=O)Nc1ccc(F)cc1. The predicted octanol–water partition coefficient (Wildman–Crippen LogP) is 1.83. The number of nitrogens with one attached hydrogen (secondary N) is 3. The van der Waals surface area contributed by atoms with Gasteiger partial charge in [-0.1, -0.05) is 0 Å². The number of aliphatic imine (C=N–C) groups is 1. The minimum atomic E-state index is -0.341. The van der Waals surface area contributed by atoms with E-state index in [0.717, 1.165) is 24.4 Å². The van der Waals surface area contributed by atoms with E-state index in [1.165, 1.54) is 24.3 Å². The molecule has 26 heavy (non-hydrogen) atoms. The van der Waals surface area contributed by atoms with Gasteiger partial charge in [0.1, 0.15) is 5.82 Å². The first-order valence-corrected chi connectivity index (χ1v) is 8.49. The van der Waals surface area contributed by atoms with Crippen LogP contribution in [0.4, 0.5) is 10.1 Å². The Labute approximate surface area is 152 Å². The maximum Gasteiger partial charge on any atom is 0.243 e. The third-order valence-electron chi connectivity index (χ3n) is 3.71. The van der Waals surface area contributed by atoms with E-state index in [0.29, 0.717) is 18.2 Å². The molecule has 0 unspecified atom stereocenters. The normalized spacial score (nSPS) is 11.3. The standard InChI is InChI=1S/C18H25FN6O/c1-13-11-14(2)25(24-13)10-4-9-21-18(20-3)22-12-17(26)23-16-7-5-15(19)6-8-16/h5-8,11H,4,9-10,12H2,1-3H3,(H,23,26)(H2,20,21,22). The molecule has 1 heterocycles. The van der Waals surface area contributed by atoms with Crippen molar-refractivity contribution in [3.05, 3.63) is 47.5 Å². The lowest BCUT2D eigenvalue weighted by Crippen LogP contribution is -2.41. The Morgan fingerprint density at radius 2 is 1.96 bits per heavy atom. The molecule has 8 heteroatoms. The number of anilines is 1. The number of carbonyl (C=O) groups is 1. The molecule has 0 saturated carbocycles. The van der Waals surface area contributed by atoms with Crippen molar-refractivity contribution in [2.75, 3.05) is 25.5 Å². The van der Waals surface area contributed by atoms with Crippen molar-refractivity contribution >= 4 is 17.6 Å². The Hall–Kier alpha value is -2.90. The van der Waals surface area contributed by atoms with Crippen LogP contribution in [0.5, 0.6) is 0 Å². The predicted molar refractivity (Wildman–Crippen MR) is 101 cm³/mol. The first kappa shape index (κ1) is 19.4. The Kier molecular flexibility index (Phi) is 7.13. The molecule has 0 aliphatic heterocycles. The maximum atomic E-state index is 12.8. The lowest BCUT2D eigenvalue weighted by molar-refractivity contribution is -0.115. The highest BCUT2D eigenvalue weighted by atomic mass is 19.1. The fourth-order valence-electron chi connectivity index (χ4n) is 2.46. The van der Waals surface area contributed by atoms with E-state index in [1.54, 1.807) is 7.05 Å². The van der Waals surface area contributed by atoms with E-state index >= 15 is 0 Å². The summed E-state index contributed by atoms with van der Waals surface area (Å²) in [5.41, 5.74) is 2.70. The number of aromatic nitrogens is 2. The molecule has 0 aliphatic rings. The largest absolute Gasteiger partial charge is 0.356 e. The van der Waals surface area contributed by atoms with Crippen molar-refractivity contribution in [3.63, 3.8) is 0 Å². The molecule has 1 aromatic carbocycles. The number of guanidine groups is 1. The zero-order chi connectivity index (χ0) is 18.9. The summed E-state index contributed by atoms with van der Waals surface area (Å²) in [7, 11) is 1.65. The smallest absolute Gasteiger partial charge is 0.243 e. The second-order valence-corrected chi connectivity index (χ2v) is 5.91. The third-order valence-corrected chi connectivity index (χ3v) is 3.71. The highest BCUT2D eigenvalue weighted by molar-refractivity contribution is 5.94. The molecule has 1 aromatic heterocycles. The van der Waals surface area contributed by atoms with Crippen LogP contribution in [-0.2, 0) is 11.3 Å². The Balaban J connectivity index is 1.67. The van der Waals surface area contributed by atoms with Crippen molar-refractivity contribution in [1.82, 2.24) is 20.4 Å². The fourth-order valence-corrected chi connectivity index (χ4v) is 2.46. The number of benzene rings is 1. The first-order chi connectivity index (χ1) is 12.5. The monoisotopic (exact) mass is 360 g/mol. The van der Waals surface area contributed by atoms with Crippen molar-refractivity contribution < 1.29 is 9.18 Å². The van der Waals surface area contributed by atoms with Crippen LogP contribution in [0.1, 0.15) is 17.8 Å². The summed E-state index contributed by atoms with van der Waals surface area (Å²) in [5, 5.41) is 13.2. The van der Waals surface area contributed by atoms with Gasteiger partial charge in [0.15, 0.2) is 5.96 Å². The summed E-state index contributed by atoms with van der Waals surface area (Å²) in [6.45, 7) is 5.60. The number of halogens is 1. The number of amides is 1. The van der Waals surface area contributed by atoms with Crippen LogP contribution in [-0.4, -0.2) is 41.8 Å². The quantitative estimate of drug-likeness (QED) is 0.400. The van der Waals surface area contributed by atoms with Crippen molar-refractivity contribution in [2.45, 2.75) is 26.8 Å².